The normalized spacial score (nSPS) is 18.3. The molecule has 0 aromatic carbocycles. The lowest BCUT2D eigenvalue weighted by molar-refractivity contribution is -0.149. The van der Waals surface area contributed by atoms with Crippen LogP contribution in [0.1, 0.15) is 6.42 Å². The number of fused-ring (bicyclic) bond motifs is 1. The first kappa shape index (κ1) is 19.8. The summed E-state index contributed by atoms with van der Waals surface area (Å²) < 4.78 is 31.0. The number of rotatable bonds is 5. The summed E-state index contributed by atoms with van der Waals surface area (Å²) in [5.41, 5.74) is -0.970. The number of nitrogens with one attached hydrogen (secondary N) is 1. The fraction of sp³-hybridized carbons (Fsp3) is 0.533. The van der Waals surface area contributed by atoms with Gasteiger partial charge in [-0.05, 0) is 6.42 Å². The number of esters is 1. The molecule has 0 aliphatic carbocycles. The molecule has 1 aliphatic rings. The van der Waals surface area contributed by atoms with E-state index in [0.29, 0.717) is 6.42 Å². The maximum atomic E-state index is 12.3. The van der Waals surface area contributed by atoms with Gasteiger partial charge in [0, 0.05) is 20.1 Å². The molecule has 1 aliphatic heterocycles. The zero-order valence-electron chi connectivity index (χ0n) is 15.2. The number of aryl methyl sites for hydroxylation is 1. The number of carbonyl (C=O) groups excluding carboxylic acids is 2. The van der Waals surface area contributed by atoms with E-state index in [9.17, 15) is 27.6 Å². The lowest BCUT2D eigenvalue weighted by Gasteiger charge is -2.11. The summed E-state index contributed by atoms with van der Waals surface area (Å²) in [6.45, 7) is -0.951. The third-order valence-corrected chi connectivity index (χ3v) is 6.25. The van der Waals surface area contributed by atoms with Gasteiger partial charge in [-0.15, -0.1) is 0 Å². The van der Waals surface area contributed by atoms with Gasteiger partial charge < -0.3 is 14.6 Å². The van der Waals surface area contributed by atoms with Crippen LogP contribution in [0.25, 0.3) is 11.2 Å². The van der Waals surface area contributed by atoms with Gasteiger partial charge in [-0.1, -0.05) is 0 Å². The van der Waals surface area contributed by atoms with Crippen molar-refractivity contribution < 1.29 is 22.7 Å². The summed E-state index contributed by atoms with van der Waals surface area (Å²) in [5, 5.41) is 2.50. The van der Waals surface area contributed by atoms with Crippen molar-refractivity contribution in [1.29, 1.82) is 0 Å². The van der Waals surface area contributed by atoms with Crippen LogP contribution in [0.4, 0.5) is 0 Å². The average molecular weight is 413 g/mol. The van der Waals surface area contributed by atoms with Gasteiger partial charge in [-0.3, -0.25) is 23.5 Å². The Bertz CT molecular complexity index is 1170. The molecule has 12 nitrogen and oxygen atoms in total. The number of sulfone groups is 1. The molecule has 28 heavy (non-hydrogen) atoms. The molecule has 1 saturated heterocycles. The van der Waals surface area contributed by atoms with E-state index in [1.807, 2.05) is 0 Å². The standard InChI is InChI=1S/C15H19N5O7S/c1-18-13-12(14(23)19(2)15(18)24)20(8-16-13)5-11(22)27-6-10(21)17-9-3-4-28(25,26)7-9/h8-9H,3-7H2,1-2H3,(H,17,21)/t9-/m1/s1. The Kier molecular flexibility index (Phi) is 5.10. The van der Waals surface area contributed by atoms with Crippen LogP contribution in [-0.4, -0.2) is 63.1 Å². The van der Waals surface area contributed by atoms with E-state index in [1.165, 1.54) is 29.6 Å². The third kappa shape index (κ3) is 3.83. The number of hydrogen-bond acceptors (Lipinski definition) is 8. The summed E-state index contributed by atoms with van der Waals surface area (Å²) in [6, 6.07) is -0.488. The highest BCUT2D eigenvalue weighted by molar-refractivity contribution is 7.91. The van der Waals surface area contributed by atoms with Crippen LogP contribution in [-0.2, 0) is 44.8 Å². The largest absolute Gasteiger partial charge is 0.454 e. The molecule has 0 unspecified atom stereocenters. The number of hydrogen-bond donors (Lipinski definition) is 1. The van der Waals surface area contributed by atoms with Crippen molar-refractivity contribution in [3.8, 4) is 0 Å². The Morgan fingerprint density at radius 3 is 2.64 bits per heavy atom. The summed E-state index contributed by atoms with van der Waals surface area (Å²) in [6.07, 6.45) is 1.56. The van der Waals surface area contributed by atoms with Crippen molar-refractivity contribution >= 4 is 32.9 Å². The minimum absolute atomic E-state index is 0.0168. The maximum Gasteiger partial charge on any atom is 0.332 e. The fourth-order valence-electron chi connectivity index (χ4n) is 3.03. The van der Waals surface area contributed by atoms with Crippen molar-refractivity contribution in [2.45, 2.75) is 19.0 Å². The molecule has 0 spiro atoms. The molecule has 3 heterocycles. The number of nitrogens with zero attached hydrogens (tertiary/aromatic N) is 4. The maximum absolute atomic E-state index is 12.3. The van der Waals surface area contributed by atoms with Crippen molar-refractivity contribution in [2.24, 2.45) is 14.1 Å². The molecule has 152 valence electrons. The second kappa shape index (κ2) is 7.22. The van der Waals surface area contributed by atoms with Crippen LogP contribution in [0.15, 0.2) is 15.9 Å². The second-order valence-electron chi connectivity index (χ2n) is 6.58. The smallest absolute Gasteiger partial charge is 0.332 e. The van der Waals surface area contributed by atoms with Crippen LogP contribution in [0.3, 0.4) is 0 Å². The van der Waals surface area contributed by atoms with Crippen molar-refractivity contribution in [2.75, 3.05) is 18.1 Å². The summed E-state index contributed by atoms with van der Waals surface area (Å²) in [5.74, 6) is -1.51. The van der Waals surface area contributed by atoms with E-state index in [-0.39, 0.29) is 29.2 Å². The Balaban J connectivity index is 1.63. The van der Waals surface area contributed by atoms with E-state index < -0.39 is 45.6 Å². The number of aromatic nitrogens is 4. The molecular weight excluding hydrogens is 394 g/mol. The van der Waals surface area contributed by atoms with Crippen molar-refractivity contribution in [3.05, 3.63) is 27.2 Å². The van der Waals surface area contributed by atoms with Crippen molar-refractivity contribution in [1.82, 2.24) is 24.0 Å². The van der Waals surface area contributed by atoms with E-state index in [1.54, 1.807) is 0 Å². The monoisotopic (exact) mass is 413 g/mol. The number of imidazole rings is 1. The van der Waals surface area contributed by atoms with Gasteiger partial charge in [0.1, 0.15) is 6.54 Å². The topological polar surface area (TPSA) is 151 Å². The minimum Gasteiger partial charge on any atom is -0.454 e. The summed E-state index contributed by atoms with van der Waals surface area (Å²) in [4.78, 5) is 52.0. The van der Waals surface area contributed by atoms with Crippen LogP contribution < -0.4 is 16.6 Å². The van der Waals surface area contributed by atoms with E-state index >= 15 is 0 Å². The van der Waals surface area contributed by atoms with Crippen molar-refractivity contribution in [3.63, 3.8) is 0 Å². The number of ether oxygens (including phenoxy) is 1. The van der Waals surface area contributed by atoms with Gasteiger partial charge in [0.15, 0.2) is 27.6 Å². The van der Waals surface area contributed by atoms with Gasteiger partial charge in [0.25, 0.3) is 11.5 Å². The molecule has 1 atom stereocenters. The highest BCUT2D eigenvalue weighted by Crippen LogP contribution is 2.11. The number of carbonyl (C=O) groups is 2. The molecule has 1 fully saturated rings. The highest BCUT2D eigenvalue weighted by Gasteiger charge is 2.29. The van der Waals surface area contributed by atoms with Crippen LogP contribution in [0, 0.1) is 0 Å². The Labute approximate surface area is 158 Å². The lowest BCUT2D eigenvalue weighted by Crippen LogP contribution is -2.39. The van der Waals surface area contributed by atoms with Gasteiger partial charge in [0.05, 0.1) is 17.8 Å². The molecule has 2 aromatic heterocycles. The quantitative estimate of drug-likeness (QED) is 0.519. The van der Waals surface area contributed by atoms with E-state index in [4.69, 9.17) is 4.74 Å². The molecule has 0 saturated carbocycles. The molecule has 0 radical (unpaired) electrons. The molecule has 1 amide bonds. The molecular formula is C15H19N5O7S. The molecule has 1 N–H and O–H groups in total. The molecule has 13 heteroatoms. The molecule has 0 bridgehead atoms. The van der Waals surface area contributed by atoms with Crippen LogP contribution in [0.5, 0.6) is 0 Å². The summed E-state index contributed by atoms with van der Waals surface area (Å²) >= 11 is 0. The SMILES string of the molecule is Cn1c(=O)c2c(ncn2CC(=O)OCC(=O)N[C@@H]2CCS(=O)(=O)C2)n(C)c1=O. The zero-order chi connectivity index (χ0) is 20.6. The lowest BCUT2D eigenvalue weighted by atomic mass is 10.2. The molecule has 3 rings (SSSR count). The van der Waals surface area contributed by atoms with Gasteiger partial charge in [-0.25, -0.2) is 18.2 Å². The van der Waals surface area contributed by atoms with Crippen LogP contribution >= 0.6 is 0 Å². The Hall–Kier alpha value is -2.96. The predicted octanol–water partition coefficient (Wildman–Crippen LogP) is -2.72. The number of amides is 1. The van der Waals surface area contributed by atoms with Gasteiger partial charge in [0.2, 0.25) is 0 Å². The van der Waals surface area contributed by atoms with Gasteiger partial charge >= 0.3 is 11.7 Å². The predicted molar refractivity (Wildman–Crippen MR) is 96.4 cm³/mol. The van der Waals surface area contributed by atoms with Gasteiger partial charge in [-0.2, -0.15) is 0 Å². The molecule has 2 aromatic rings. The van der Waals surface area contributed by atoms with E-state index in [2.05, 4.69) is 10.3 Å². The zero-order valence-corrected chi connectivity index (χ0v) is 16.1. The third-order valence-electron chi connectivity index (χ3n) is 4.48. The first-order valence-electron chi connectivity index (χ1n) is 8.35. The average Bonchev–Trinajstić information content (AvgIpc) is 3.19. The Morgan fingerprint density at radius 1 is 1.29 bits per heavy atom. The first-order chi connectivity index (χ1) is 13.1. The first-order valence-corrected chi connectivity index (χ1v) is 10.2. The fourth-order valence-corrected chi connectivity index (χ4v) is 4.70. The Morgan fingerprint density at radius 2 is 2.00 bits per heavy atom. The van der Waals surface area contributed by atoms with Crippen LogP contribution in [0.2, 0.25) is 0 Å². The summed E-state index contributed by atoms with van der Waals surface area (Å²) in [7, 11) is -0.366. The second-order valence-corrected chi connectivity index (χ2v) is 8.81. The minimum atomic E-state index is -3.13. The van der Waals surface area contributed by atoms with E-state index in [0.717, 1.165) is 4.57 Å². The highest BCUT2D eigenvalue weighted by atomic mass is 32.2.